The Balaban J connectivity index is 2.13. The van der Waals surface area contributed by atoms with Gasteiger partial charge >= 0.3 is 0 Å². The van der Waals surface area contributed by atoms with Gasteiger partial charge in [0, 0.05) is 6.20 Å². The van der Waals surface area contributed by atoms with Gasteiger partial charge in [0.2, 0.25) is 10.0 Å². The Hall–Kier alpha value is -2.74. The SMILES string of the molecule is C[C@@H](C(=O)N/N=C\c1ccccn1)N(c1ccccc1)S(C)(=O)=O. The second-order valence-corrected chi connectivity index (χ2v) is 6.92. The minimum absolute atomic E-state index is 0.413. The van der Waals surface area contributed by atoms with Crippen LogP contribution in [0.15, 0.2) is 59.8 Å². The molecule has 0 saturated heterocycles. The second kappa shape index (κ2) is 7.69. The van der Waals surface area contributed by atoms with Gasteiger partial charge in [0.1, 0.15) is 6.04 Å². The predicted octanol–water partition coefficient (Wildman–Crippen LogP) is 1.39. The van der Waals surface area contributed by atoms with Crippen molar-refractivity contribution in [1.29, 1.82) is 0 Å². The number of hydrogen-bond acceptors (Lipinski definition) is 5. The van der Waals surface area contributed by atoms with Crippen molar-refractivity contribution in [3.63, 3.8) is 0 Å². The summed E-state index contributed by atoms with van der Waals surface area (Å²) in [4.78, 5) is 16.3. The molecule has 0 aliphatic rings. The minimum atomic E-state index is -3.63. The first-order valence-electron chi connectivity index (χ1n) is 7.18. The van der Waals surface area contributed by atoms with Crippen LogP contribution in [0.25, 0.3) is 0 Å². The van der Waals surface area contributed by atoms with Crippen molar-refractivity contribution in [1.82, 2.24) is 10.4 Å². The molecule has 0 spiro atoms. The van der Waals surface area contributed by atoms with Gasteiger partial charge in [-0.3, -0.25) is 14.1 Å². The third-order valence-electron chi connectivity index (χ3n) is 3.16. The summed E-state index contributed by atoms with van der Waals surface area (Å²) in [6, 6.07) is 12.8. The van der Waals surface area contributed by atoms with E-state index in [1.165, 1.54) is 13.1 Å². The lowest BCUT2D eigenvalue weighted by Crippen LogP contribution is -2.46. The lowest BCUT2D eigenvalue weighted by Gasteiger charge is -2.27. The first kappa shape index (κ1) is 17.6. The van der Waals surface area contributed by atoms with Crippen LogP contribution in [0.4, 0.5) is 5.69 Å². The molecule has 1 amide bonds. The topological polar surface area (TPSA) is 91.7 Å². The van der Waals surface area contributed by atoms with Gasteiger partial charge in [-0.15, -0.1) is 0 Å². The standard InChI is InChI=1S/C16H18N4O3S/c1-13(16(21)19-18-12-14-8-6-7-11-17-14)20(24(2,22)23)15-9-4-3-5-10-15/h3-13H,1-2H3,(H,19,21)/b18-12-/t13-/m0/s1. The number of para-hydroxylation sites is 1. The number of hydrazone groups is 1. The van der Waals surface area contributed by atoms with Crippen LogP contribution in [-0.4, -0.2) is 37.8 Å². The van der Waals surface area contributed by atoms with Crippen LogP contribution in [0, 0.1) is 0 Å². The number of hydrogen-bond donors (Lipinski definition) is 1. The number of carbonyl (C=O) groups is 1. The number of aromatic nitrogens is 1. The molecule has 126 valence electrons. The van der Waals surface area contributed by atoms with Crippen LogP contribution < -0.4 is 9.73 Å². The first-order chi connectivity index (χ1) is 11.4. The number of rotatable bonds is 6. The van der Waals surface area contributed by atoms with Crippen molar-refractivity contribution in [2.45, 2.75) is 13.0 Å². The maximum absolute atomic E-state index is 12.2. The average Bonchev–Trinajstić information content (AvgIpc) is 2.55. The molecule has 7 nitrogen and oxygen atoms in total. The molecule has 8 heteroatoms. The summed E-state index contributed by atoms with van der Waals surface area (Å²) in [5, 5.41) is 3.81. The van der Waals surface area contributed by atoms with E-state index in [2.05, 4.69) is 15.5 Å². The maximum Gasteiger partial charge on any atom is 0.263 e. The zero-order valence-electron chi connectivity index (χ0n) is 13.3. The maximum atomic E-state index is 12.2. The largest absolute Gasteiger partial charge is 0.271 e. The highest BCUT2D eigenvalue weighted by molar-refractivity contribution is 7.92. The molecule has 0 unspecified atom stereocenters. The van der Waals surface area contributed by atoms with Gasteiger partial charge < -0.3 is 0 Å². The lowest BCUT2D eigenvalue weighted by atomic mass is 10.2. The Labute approximate surface area is 141 Å². The van der Waals surface area contributed by atoms with E-state index in [1.807, 2.05) is 0 Å². The van der Waals surface area contributed by atoms with Crippen LogP contribution in [0.1, 0.15) is 12.6 Å². The summed E-state index contributed by atoms with van der Waals surface area (Å²) in [6.07, 6.45) is 4.05. The third-order valence-corrected chi connectivity index (χ3v) is 4.40. The van der Waals surface area contributed by atoms with E-state index < -0.39 is 22.0 Å². The molecule has 0 radical (unpaired) electrons. The van der Waals surface area contributed by atoms with Gasteiger partial charge in [-0.2, -0.15) is 5.10 Å². The molecular weight excluding hydrogens is 328 g/mol. The fourth-order valence-corrected chi connectivity index (χ4v) is 3.27. The van der Waals surface area contributed by atoms with E-state index in [4.69, 9.17) is 0 Å². The number of amides is 1. The highest BCUT2D eigenvalue weighted by Gasteiger charge is 2.28. The van der Waals surface area contributed by atoms with Gasteiger partial charge in [0.15, 0.2) is 0 Å². The lowest BCUT2D eigenvalue weighted by molar-refractivity contribution is -0.121. The molecule has 0 saturated carbocycles. The molecule has 0 fully saturated rings. The van der Waals surface area contributed by atoms with Gasteiger partial charge in [0.25, 0.3) is 5.91 Å². The fourth-order valence-electron chi connectivity index (χ4n) is 2.09. The number of nitrogens with one attached hydrogen (secondary N) is 1. The first-order valence-corrected chi connectivity index (χ1v) is 9.03. The van der Waals surface area contributed by atoms with Gasteiger partial charge in [-0.25, -0.2) is 13.8 Å². The number of pyridine rings is 1. The molecule has 1 heterocycles. The van der Waals surface area contributed by atoms with Crippen LogP contribution in [-0.2, 0) is 14.8 Å². The number of benzene rings is 1. The molecule has 1 aromatic carbocycles. The average molecular weight is 346 g/mol. The Morgan fingerprint density at radius 3 is 2.46 bits per heavy atom. The highest BCUT2D eigenvalue weighted by Crippen LogP contribution is 2.20. The molecule has 0 aliphatic heterocycles. The van der Waals surface area contributed by atoms with Crippen molar-refractivity contribution >= 4 is 27.8 Å². The molecule has 0 aliphatic carbocycles. The van der Waals surface area contributed by atoms with Crippen molar-refractivity contribution in [2.24, 2.45) is 5.10 Å². The monoisotopic (exact) mass is 346 g/mol. The van der Waals surface area contributed by atoms with Gasteiger partial charge in [-0.05, 0) is 31.2 Å². The summed E-state index contributed by atoms with van der Waals surface area (Å²) >= 11 is 0. The molecule has 0 bridgehead atoms. The smallest absolute Gasteiger partial charge is 0.263 e. The van der Waals surface area contributed by atoms with Crippen molar-refractivity contribution in [2.75, 3.05) is 10.6 Å². The van der Waals surface area contributed by atoms with E-state index in [1.54, 1.807) is 54.7 Å². The highest BCUT2D eigenvalue weighted by atomic mass is 32.2. The van der Waals surface area contributed by atoms with E-state index in [9.17, 15) is 13.2 Å². The predicted molar refractivity (Wildman–Crippen MR) is 93.2 cm³/mol. The van der Waals surface area contributed by atoms with Crippen molar-refractivity contribution in [3.05, 3.63) is 60.4 Å². The Bertz CT molecular complexity index is 808. The zero-order chi connectivity index (χ0) is 17.6. The van der Waals surface area contributed by atoms with E-state index in [0.29, 0.717) is 11.4 Å². The number of anilines is 1. The molecule has 2 rings (SSSR count). The second-order valence-electron chi connectivity index (χ2n) is 5.06. The van der Waals surface area contributed by atoms with Crippen LogP contribution >= 0.6 is 0 Å². The fraction of sp³-hybridized carbons (Fsp3) is 0.188. The van der Waals surface area contributed by atoms with Gasteiger partial charge in [-0.1, -0.05) is 24.3 Å². The van der Waals surface area contributed by atoms with E-state index in [-0.39, 0.29) is 0 Å². The summed E-state index contributed by atoms with van der Waals surface area (Å²) in [5.74, 6) is -0.545. The molecule has 24 heavy (non-hydrogen) atoms. The van der Waals surface area contributed by atoms with E-state index in [0.717, 1.165) is 10.6 Å². The van der Waals surface area contributed by atoms with Crippen LogP contribution in [0.3, 0.4) is 0 Å². The molecule has 1 atom stereocenters. The van der Waals surface area contributed by atoms with Gasteiger partial charge in [0.05, 0.1) is 23.9 Å². The Morgan fingerprint density at radius 1 is 1.21 bits per heavy atom. The summed E-state index contributed by atoms with van der Waals surface area (Å²) in [6.45, 7) is 1.50. The Morgan fingerprint density at radius 2 is 1.88 bits per heavy atom. The molecule has 2 aromatic rings. The Kier molecular flexibility index (Phi) is 5.64. The molecular formula is C16H18N4O3S. The van der Waals surface area contributed by atoms with E-state index >= 15 is 0 Å². The van der Waals surface area contributed by atoms with Crippen molar-refractivity contribution in [3.8, 4) is 0 Å². The molecule has 1 aromatic heterocycles. The number of carbonyl (C=O) groups excluding carboxylic acids is 1. The number of nitrogens with zero attached hydrogens (tertiary/aromatic N) is 3. The molecule has 1 N–H and O–H groups in total. The normalized spacial score (nSPS) is 12.8. The quantitative estimate of drug-likeness (QED) is 0.632. The summed E-state index contributed by atoms with van der Waals surface area (Å²) < 4.78 is 25.2. The van der Waals surface area contributed by atoms with Crippen LogP contribution in [0.2, 0.25) is 0 Å². The summed E-state index contributed by atoms with van der Waals surface area (Å²) in [7, 11) is -3.63. The minimum Gasteiger partial charge on any atom is -0.271 e. The third kappa shape index (κ3) is 4.63. The van der Waals surface area contributed by atoms with Crippen LogP contribution in [0.5, 0.6) is 0 Å². The van der Waals surface area contributed by atoms with Crippen molar-refractivity contribution < 1.29 is 13.2 Å². The zero-order valence-corrected chi connectivity index (χ0v) is 14.1. The number of sulfonamides is 1. The summed E-state index contributed by atoms with van der Waals surface area (Å²) in [5.41, 5.74) is 3.33.